The molecule has 1 amide bonds. The molecule has 0 spiro atoms. The van der Waals surface area contributed by atoms with Crippen LogP contribution in [0.3, 0.4) is 0 Å². The van der Waals surface area contributed by atoms with E-state index in [9.17, 15) is 14.7 Å². The highest BCUT2D eigenvalue weighted by Gasteiger charge is 2.54. The van der Waals surface area contributed by atoms with Crippen molar-refractivity contribution < 1.29 is 28.9 Å². The second kappa shape index (κ2) is 6.32. The van der Waals surface area contributed by atoms with E-state index >= 15 is 0 Å². The van der Waals surface area contributed by atoms with Gasteiger partial charge < -0.3 is 24.2 Å². The van der Waals surface area contributed by atoms with Crippen LogP contribution in [0.25, 0.3) is 0 Å². The van der Waals surface area contributed by atoms with E-state index in [2.05, 4.69) is 0 Å². The summed E-state index contributed by atoms with van der Waals surface area (Å²) in [6.07, 6.45) is 0.433. The lowest BCUT2D eigenvalue weighted by Gasteiger charge is -2.33. The van der Waals surface area contributed by atoms with Crippen molar-refractivity contribution >= 4 is 11.9 Å². The Labute approximate surface area is 140 Å². The largest absolute Gasteiger partial charge is 0.493 e. The summed E-state index contributed by atoms with van der Waals surface area (Å²) in [4.78, 5) is 26.2. The third kappa shape index (κ3) is 2.58. The third-order valence-electron chi connectivity index (χ3n) is 5.05. The molecule has 2 saturated heterocycles. The van der Waals surface area contributed by atoms with Crippen molar-refractivity contribution in [1.29, 1.82) is 0 Å². The van der Waals surface area contributed by atoms with E-state index in [-0.39, 0.29) is 18.4 Å². The molecule has 0 radical (unpaired) electrons. The molecule has 0 unspecified atom stereocenters. The number of carbonyl (C=O) groups excluding carboxylic acids is 1. The van der Waals surface area contributed by atoms with Gasteiger partial charge in [-0.1, -0.05) is 0 Å². The molecule has 0 bridgehead atoms. The Bertz CT molecular complexity index is 660. The van der Waals surface area contributed by atoms with Gasteiger partial charge >= 0.3 is 5.97 Å². The molecule has 0 aliphatic carbocycles. The number of aliphatic carboxylic acids is 1. The smallest absolute Gasteiger partial charge is 0.311 e. The monoisotopic (exact) mass is 335 g/mol. The van der Waals surface area contributed by atoms with Crippen LogP contribution in [-0.2, 0) is 9.53 Å². The molecule has 0 saturated carbocycles. The molecule has 2 fully saturated rings. The molecule has 2 aliphatic rings. The first-order chi connectivity index (χ1) is 11.5. The van der Waals surface area contributed by atoms with Crippen molar-refractivity contribution in [2.45, 2.75) is 6.42 Å². The summed E-state index contributed by atoms with van der Waals surface area (Å²) < 4.78 is 15.8. The second-order valence-electron chi connectivity index (χ2n) is 6.24. The molecule has 2 atom stereocenters. The number of amides is 1. The summed E-state index contributed by atoms with van der Waals surface area (Å²) in [5, 5.41) is 9.69. The Hall–Kier alpha value is -2.28. The van der Waals surface area contributed by atoms with Crippen molar-refractivity contribution in [2.75, 3.05) is 40.5 Å². The lowest BCUT2D eigenvalue weighted by atomic mass is 9.74. The van der Waals surface area contributed by atoms with Gasteiger partial charge in [0, 0.05) is 31.2 Å². The number of ether oxygens (including phenoxy) is 3. The van der Waals surface area contributed by atoms with E-state index in [1.807, 2.05) is 0 Å². The van der Waals surface area contributed by atoms with Gasteiger partial charge in [-0.15, -0.1) is 0 Å². The number of benzene rings is 1. The maximum Gasteiger partial charge on any atom is 0.311 e. The Morgan fingerprint density at radius 3 is 2.67 bits per heavy atom. The van der Waals surface area contributed by atoms with Crippen LogP contribution in [0.1, 0.15) is 16.8 Å². The Balaban J connectivity index is 1.85. The van der Waals surface area contributed by atoms with Gasteiger partial charge in [-0.3, -0.25) is 9.59 Å². The fourth-order valence-corrected chi connectivity index (χ4v) is 3.61. The molecule has 7 heteroatoms. The predicted octanol–water partition coefficient (Wildman–Crippen LogP) is 1.27. The summed E-state index contributed by atoms with van der Waals surface area (Å²) in [6, 6.07) is 4.95. The molecule has 1 N–H and O–H groups in total. The van der Waals surface area contributed by atoms with E-state index in [0.29, 0.717) is 43.2 Å². The van der Waals surface area contributed by atoms with Gasteiger partial charge in [-0.25, -0.2) is 0 Å². The van der Waals surface area contributed by atoms with Gasteiger partial charge in [-0.2, -0.15) is 0 Å². The number of fused-ring (bicyclic) bond motifs is 1. The maximum absolute atomic E-state index is 12.8. The number of carbonyl (C=O) groups is 2. The Morgan fingerprint density at radius 1 is 1.29 bits per heavy atom. The molecular formula is C17H21NO6. The van der Waals surface area contributed by atoms with E-state index in [4.69, 9.17) is 14.2 Å². The molecule has 130 valence electrons. The van der Waals surface area contributed by atoms with E-state index < -0.39 is 11.4 Å². The lowest BCUT2D eigenvalue weighted by molar-refractivity contribution is -0.157. The van der Waals surface area contributed by atoms with E-state index in [1.54, 1.807) is 23.1 Å². The molecule has 1 aromatic carbocycles. The van der Waals surface area contributed by atoms with Crippen LogP contribution in [-0.4, -0.2) is 62.4 Å². The maximum atomic E-state index is 12.8. The standard InChI is InChI=1S/C17H21NO6/c1-22-13-4-3-11(7-14(13)23-2)15(19)18-8-12-9-24-6-5-17(12,10-18)16(20)21/h3-4,7,12H,5-6,8-10H2,1-2H3,(H,20,21)/t12-,17+/m0/s1. The number of likely N-dealkylation sites (tertiary alicyclic amines) is 1. The van der Waals surface area contributed by atoms with Crippen molar-refractivity contribution in [3.8, 4) is 11.5 Å². The van der Waals surface area contributed by atoms with Gasteiger partial charge in [-0.05, 0) is 24.6 Å². The van der Waals surface area contributed by atoms with Crippen LogP contribution >= 0.6 is 0 Å². The summed E-state index contributed by atoms with van der Waals surface area (Å²) in [6.45, 7) is 1.40. The van der Waals surface area contributed by atoms with Crippen LogP contribution < -0.4 is 9.47 Å². The molecule has 2 aliphatic heterocycles. The van der Waals surface area contributed by atoms with Crippen LogP contribution in [0.2, 0.25) is 0 Å². The van der Waals surface area contributed by atoms with Gasteiger partial charge in [0.2, 0.25) is 0 Å². The van der Waals surface area contributed by atoms with Gasteiger partial charge in [0.15, 0.2) is 11.5 Å². The van der Waals surface area contributed by atoms with Gasteiger partial charge in [0.05, 0.1) is 26.2 Å². The highest BCUT2D eigenvalue weighted by atomic mass is 16.5. The van der Waals surface area contributed by atoms with Crippen molar-refractivity contribution in [3.05, 3.63) is 23.8 Å². The number of methoxy groups -OCH3 is 2. The Morgan fingerprint density at radius 2 is 2.04 bits per heavy atom. The normalized spacial score (nSPS) is 25.9. The van der Waals surface area contributed by atoms with Gasteiger partial charge in [0.1, 0.15) is 0 Å². The topological polar surface area (TPSA) is 85.3 Å². The van der Waals surface area contributed by atoms with Crippen molar-refractivity contribution in [3.63, 3.8) is 0 Å². The zero-order valence-electron chi connectivity index (χ0n) is 13.8. The zero-order chi connectivity index (χ0) is 17.3. The first-order valence-corrected chi connectivity index (χ1v) is 7.84. The van der Waals surface area contributed by atoms with Crippen molar-refractivity contribution in [1.82, 2.24) is 4.90 Å². The number of carboxylic acid groups (broad SMARTS) is 1. The minimum Gasteiger partial charge on any atom is -0.493 e. The first kappa shape index (κ1) is 16.6. The minimum absolute atomic E-state index is 0.173. The predicted molar refractivity (Wildman–Crippen MR) is 84.4 cm³/mol. The quantitative estimate of drug-likeness (QED) is 0.892. The lowest BCUT2D eigenvalue weighted by Crippen LogP contribution is -2.45. The molecule has 3 rings (SSSR count). The summed E-state index contributed by atoms with van der Waals surface area (Å²) in [5.74, 6) is -0.215. The van der Waals surface area contributed by atoms with Crippen LogP contribution in [0.4, 0.5) is 0 Å². The molecule has 24 heavy (non-hydrogen) atoms. The number of rotatable bonds is 4. The first-order valence-electron chi connectivity index (χ1n) is 7.84. The molecular weight excluding hydrogens is 314 g/mol. The zero-order valence-corrected chi connectivity index (χ0v) is 13.8. The van der Waals surface area contributed by atoms with Crippen molar-refractivity contribution in [2.24, 2.45) is 11.3 Å². The fraction of sp³-hybridized carbons (Fsp3) is 0.529. The highest BCUT2D eigenvalue weighted by Crippen LogP contribution is 2.43. The fourth-order valence-electron chi connectivity index (χ4n) is 3.61. The SMILES string of the molecule is COc1ccc(C(=O)N2C[C@H]3COCC[C@@]3(C(=O)O)C2)cc1OC. The molecule has 2 heterocycles. The van der Waals surface area contributed by atoms with Crippen LogP contribution in [0, 0.1) is 11.3 Å². The number of nitrogens with zero attached hydrogens (tertiary/aromatic N) is 1. The number of carboxylic acids is 1. The van der Waals surface area contributed by atoms with E-state index in [1.165, 1.54) is 14.2 Å². The molecule has 7 nitrogen and oxygen atoms in total. The van der Waals surface area contributed by atoms with E-state index in [0.717, 1.165) is 0 Å². The molecule has 1 aromatic rings. The van der Waals surface area contributed by atoms with Crippen LogP contribution in [0.5, 0.6) is 11.5 Å². The highest BCUT2D eigenvalue weighted by molar-refractivity contribution is 5.95. The number of hydrogen-bond acceptors (Lipinski definition) is 5. The van der Waals surface area contributed by atoms with Crippen LogP contribution in [0.15, 0.2) is 18.2 Å². The summed E-state index contributed by atoms with van der Waals surface area (Å²) in [5.41, 5.74) is -0.447. The molecule has 0 aromatic heterocycles. The minimum atomic E-state index is -0.898. The summed E-state index contributed by atoms with van der Waals surface area (Å²) in [7, 11) is 3.04. The summed E-state index contributed by atoms with van der Waals surface area (Å²) >= 11 is 0. The average Bonchev–Trinajstić information content (AvgIpc) is 3.01. The Kier molecular flexibility index (Phi) is 4.36. The van der Waals surface area contributed by atoms with Gasteiger partial charge in [0.25, 0.3) is 5.91 Å². The second-order valence-corrected chi connectivity index (χ2v) is 6.24. The third-order valence-corrected chi connectivity index (χ3v) is 5.05. The average molecular weight is 335 g/mol. The number of hydrogen-bond donors (Lipinski definition) is 1.